The predicted octanol–water partition coefficient (Wildman–Crippen LogP) is 4.49. The molecular weight excluding hydrogens is 342 g/mol. The van der Waals surface area contributed by atoms with Crippen LogP contribution in [0.3, 0.4) is 0 Å². The quantitative estimate of drug-likeness (QED) is 0.386. The Morgan fingerprint density at radius 2 is 2.04 bits per heavy atom. The molecule has 0 radical (unpaired) electrons. The van der Waals surface area contributed by atoms with Crippen molar-refractivity contribution in [2.24, 2.45) is 0 Å². The molecule has 0 bridgehead atoms. The predicted molar refractivity (Wildman–Crippen MR) is 104 cm³/mol. The lowest BCUT2D eigenvalue weighted by Gasteiger charge is -2.11. The topological polar surface area (TPSA) is 38.8 Å². The van der Waals surface area contributed by atoms with Crippen LogP contribution in [-0.2, 0) is 4.79 Å². The van der Waals surface area contributed by atoms with Crippen molar-refractivity contribution in [1.29, 1.82) is 0 Å². The molecule has 130 valence electrons. The second kappa shape index (κ2) is 9.08. The number of nitrogens with zero attached hydrogens (tertiary/aromatic N) is 1. The van der Waals surface area contributed by atoms with E-state index in [4.69, 9.17) is 21.7 Å². The van der Waals surface area contributed by atoms with Gasteiger partial charge in [-0.25, -0.2) is 0 Å². The van der Waals surface area contributed by atoms with Crippen LogP contribution in [0.15, 0.2) is 23.1 Å². The summed E-state index contributed by atoms with van der Waals surface area (Å²) in [5.41, 5.74) is 0.893. The highest BCUT2D eigenvalue weighted by Gasteiger charge is 2.30. The molecule has 2 rings (SSSR count). The van der Waals surface area contributed by atoms with E-state index in [1.165, 1.54) is 11.8 Å². The molecule has 1 amide bonds. The Morgan fingerprint density at radius 3 is 2.67 bits per heavy atom. The van der Waals surface area contributed by atoms with Crippen LogP contribution >= 0.6 is 24.0 Å². The van der Waals surface area contributed by atoms with Gasteiger partial charge in [-0.2, -0.15) is 0 Å². The van der Waals surface area contributed by atoms with Gasteiger partial charge in [0.2, 0.25) is 0 Å². The van der Waals surface area contributed by atoms with Gasteiger partial charge in [-0.3, -0.25) is 9.69 Å². The number of ether oxygens (including phenoxy) is 2. The maximum atomic E-state index is 12.3. The lowest BCUT2D eigenvalue weighted by molar-refractivity contribution is -0.121. The molecule has 0 atom stereocenters. The Labute approximate surface area is 153 Å². The van der Waals surface area contributed by atoms with Gasteiger partial charge in [-0.1, -0.05) is 49.8 Å². The van der Waals surface area contributed by atoms with Crippen LogP contribution in [0, 0.1) is 0 Å². The first kappa shape index (κ1) is 18.8. The first-order valence-electron chi connectivity index (χ1n) is 8.16. The van der Waals surface area contributed by atoms with Crippen molar-refractivity contribution in [3.8, 4) is 11.5 Å². The van der Waals surface area contributed by atoms with Crippen molar-refractivity contribution >= 4 is 40.3 Å². The minimum absolute atomic E-state index is 0.0358. The summed E-state index contributed by atoms with van der Waals surface area (Å²) in [7, 11) is 1.62. The van der Waals surface area contributed by atoms with Gasteiger partial charge >= 0.3 is 0 Å². The maximum absolute atomic E-state index is 12.3. The van der Waals surface area contributed by atoms with E-state index in [1.54, 1.807) is 12.0 Å². The Bertz CT molecular complexity index is 643. The summed E-state index contributed by atoms with van der Waals surface area (Å²) < 4.78 is 11.8. The van der Waals surface area contributed by atoms with Gasteiger partial charge in [0.15, 0.2) is 11.5 Å². The van der Waals surface area contributed by atoms with E-state index in [1.807, 2.05) is 31.2 Å². The molecule has 6 heteroatoms. The fourth-order valence-corrected chi connectivity index (χ4v) is 3.74. The molecule has 1 aliphatic heterocycles. The van der Waals surface area contributed by atoms with E-state index in [0.29, 0.717) is 28.1 Å². The van der Waals surface area contributed by atoms with Crippen molar-refractivity contribution in [2.45, 2.75) is 33.1 Å². The largest absolute Gasteiger partial charge is 0.493 e. The zero-order valence-electron chi connectivity index (χ0n) is 14.3. The highest BCUT2D eigenvalue weighted by molar-refractivity contribution is 8.26. The summed E-state index contributed by atoms with van der Waals surface area (Å²) in [5.74, 6) is 1.37. The fourth-order valence-electron chi connectivity index (χ4n) is 2.35. The maximum Gasteiger partial charge on any atom is 0.266 e. The number of rotatable bonds is 8. The van der Waals surface area contributed by atoms with Crippen LogP contribution < -0.4 is 9.47 Å². The number of unbranched alkanes of at least 4 members (excludes halogenated alkanes) is 2. The highest BCUT2D eigenvalue weighted by atomic mass is 32.2. The Hall–Kier alpha value is -1.53. The van der Waals surface area contributed by atoms with Crippen LogP contribution in [0.4, 0.5) is 0 Å². The van der Waals surface area contributed by atoms with Gasteiger partial charge in [0.1, 0.15) is 4.32 Å². The monoisotopic (exact) mass is 365 g/mol. The van der Waals surface area contributed by atoms with E-state index in [0.717, 1.165) is 30.6 Å². The van der Waals surface area contributed by atoms with Crippen molar-refractivity contribution in [3.05, 3.63) is 28.7 Å². The first-order chi connectivity index (χ1) is 11.6. The smallest absolute Gasteiger partial charge is 0.266 e. The lowest BCUT2D eigenvalue weighted by Crippen LogP contribution is -2.27. The van der Waals surface area contributed by atoms with E-state index in [9.17, 15) is 4.79 Å². The second-order valence-corrected chi connectivity index (χ2v) is 7.07. The lowest BCUT2D eigenvalue weighted by atomic mass is 10.2. The zero-order chi connectivity index (χ0) is 17.5. The Morgan fingerprint density at radius 1 is 1.25 bits per heavy atom. The summed E-state index contributed by atoms with van der Waals surface area (Å²) in [6, 6.07) is 5.70. The SMILES string of the molecule is CCCCCOc1ccc(C=C2SC(=S)N(CC)C2=O)cc1OC. The number of amides is 1. The molecule has 1 aromatic carbocycles. The van der Waals surface area contributed by atoms with Crippen molar-refractivity contribution in [1.82, 2.24) is 4.90 Å². The second-order valence-electron chi connectivity index (χ2n) is 5.39. The number of carbonyl (C=O) groups is 1. The molecule has 0 N–H and O–H groups in total. The fraction of sp³-hybridized carbons (Fsp3) is 0.444. The molecule has 0 unspecified atom stereocenters. The first-order valence-corrected chi connectivity index (χ1v) is 9.39. The van der Waals surface area contributed by atoms with E-state index >= 15 is 0 Å². The minimum atomic E-state index is -0.0358. The third-order valence-electron chi connectivity index (χ3n) is 3.68. The van der Waals surface area contributed by atoms with Crippen LogP contribution in [0.5, 0.6) is 11.5 Å². The number of hydrogen-bond donors (Lipinski definition) is 0. The highest BCUT2D eigenvalue weighted by Crippen LogP contribution is 2.34. The van der Waals surface area contributed by atoms with Gasteiger partial charge in [0.25, 0.3) is 5.91 Å². The number of thiocarbonyl (C=S) groups is 1. The summed E-state index contributed by atoms with van der Waals surface area (Å²) in [6.45, 7) is 5.35. The van der Waals surface area contributed by atoms with Crippen LogP contribution in [0.1, 0.15) is 38.7 Å². The molecule has 0 saturated carbocycles. The summed E-state index contributed by atoms with van der Waals surface area (Å²) in [5, 5.41) is 0. The molecule has 1 aliphatic rings. The van der Waals surface area contributed by atoms with E-state index in [2.05, 4.69) is 6.92 Å². The standard InChI is InChI=1S/C18H23NO3S2/c1-4-6-7-10-22-14-9-8-13(11-15(14)21-3)12-16-17(20)19(5-2)18(23)24-16/h8-9,11-12H,4-7,10H2,1-3H3. The molecule has 24 heavy (non-hydrogen) atoms. The Kier molecular flexibility index (Phi) is 7.12. The number of likely N-dealkylation sites (N-methyl/N-ethyl adjacent to an activating group) is 1. The zero-order valence-corrected chi connectivity index (χ0v) is 16.0. The van der Waals surface area contributed by atoms with Crippen LogP contribution in [0.2, 0.25) is 0 Å². The van der Waals surface area contributed by atoms with Gasteiger partial charge in [-0.05, 0) is 37.1 Å². The molecule has 4 nitrogen and oxygen atoms in total. The van der Waals surface area contributed by atoms with E-state index < -0.39 is 0 Å². The number of carbonyl (C=O) groups excluding carboxylic acids is 1. The molecule has 1 heterocycles. The number of thioether (sulfide) groups is 1. The van der Waals surface area contributed by atoms with Crippen molar-refractivity contribution in [2.75, 3.05) is 20.3 Å². The van der Waals surface area contributed by atoms with Crippen LogP contribution in [-0.4, -0.2) is 35.4 Å². The number of benzene rings is 1. The minimum Gasteiger partial charge on any atom is -0.493 e. The molecular formula is C18H23NO3S2. The van der Waals surface area contributed by atoms with Crippen molar-refractivity contribution in [3.63, 3.8) is 0 Å². The van der Waals surface area contributed by atoms with Gasteiger partial charge in [0, 0.05) is 6.54 Å². The molecule has 1 fully saturated rings. The molecule has 0 aliphatic carbocycles. The average Bonchev–Trinajstić information content (AvgIpc) is 2.85. The summed E-state index contributed by atoms with van der Waals surface area (Å²) in [4.78, 5) is 14.5. The summed E-state index contributed by atoms with van der Waals surface area (Å²) in [6.07, 6.45) is 5.19. The van der Waals surface area contributed by atoms with Crippen LogP contribution in [0.25, 0.3) is 6.08 Å². The van der Waals surface area contributed by atoms with Gasteiger partial charge in [-0.15, -0.1) is 0 Å². The van der Waals surface area contributed by atoms with E-state index in [-0.39, 0.29) is 5.91 Å². The third kappa shape index (κ3) is 4.51. The molecule has 1 saturated heterocycles. The summed E-state index contributed by atoms with van der Waals surface area (Å²) >= 11 is 6.57. The number of hydrogen-bond acceptors (Lipinski definition) is 5. The van der Waals surface area contributed by atoms with Gasteiger partial charge in [0.05, 0.1) is 18.6 Å². The normalized spacial score (nSPS) is 16.1. The molecule has 1 aromatic rings. The Balaban J connectivity index is 2.13. The average molecular weight is 366 g/mol. The van der Waals surface area contributed by atoms with Gasteiger partial charge < -0.3 is 9.47 Å². The number of methoxy groups -OCH3 is 1. The molecule has 0 aromatic heterocycles. The molecule has 0 spiro atoms. The van der Waals surface area contributed by atoms with Crippen molar-refractivity contribution < 1.29 is 14.3 Å². The third-order valence-corrected chi connectivity index (χ3v) is 5.06.